The zero-order valence-corrected chi connectivity index (χ0v) is 10.2. The Kier molecular flexibility index (Phi) is 2.38. The van der Waals surface area contributed by atoms with Gasteiger partial charge >= 0.3 is 0 Å². The summed E-state index contributed by atoms with van der Waals surface area (Å²) in [6.07, 6.45) is 1.24. The molecule has 1 heteroatoms. The topological polar surface area (TPSA) is 3.24 Å². The Bertz CT molecular complexity index is 342. The number of hydrogen-bond donors (Lipinski definition) is 0. The summed E-state index contributed by atoms with van der Waals surface area (Å²) in [5.41, 5.74) is 2.09. The molecule has 1 aliphatic rings. The van der Waals surface area contributed by atoms with E-state index in [4.69, 9.17) is 0 Å². The number of rotatable bonds is 1. The largest absolute Gasteiger partial charge is 0.296 e. The van der Waals surface area contributed by atoms with Crippen LogP contribution in [-0.2, 0) is 5.54 Å². The van der Waals surface area contributed by atoms with Crippen LogP contribution in [-0.4, -0.2) is 18.5 Å². The summed E-state index contributed by atoms with van der Waals surface area (Å²) in [7, 11) is 2.24. The van der Waals surface area contributed by atoms with Crippen molar-refractivity contribution in [3.63, 3.8) is 0 Å². The standard InChI is InChI=1S/C14H21N/c1-13(2)10-14(3,15(4)11-13)12-8-6-5-7-9-12/h5-9H,10-11H2,1-4H3/t14-/m0/s1. The molecular formula is C14H21N. The third-order valence-corrected chi connectivity index (χ3v) is 3.73. The predicted molar refractivity (Wildman–Crippen MR) is 64.8 cm³/mol. The van der Waals surface area contributed by atoms with E-state index in [1.807, 2.05) is 0 Å². The van der Waals surface area contributed by atoms with Gasteiger partial charge in [-0.3, -0.25) is 4.90 Å². The minimum Gasteiger partial charge on any atom is -0.296 e. The van der Waals surface area contributed by atoms with Gasteiger partial charge < -0.3 is 0 Å². The van der Waals surface area contributed by atoms with Crippen LogP contribution in [0.4, 0.5) is 0 Å². The second kappa shape index (κ2) is 3.34. The molecule has 0 bridgehead atoms. The molecule has 1 nitrogen and oxygen atoms in total. The minimum absolute atomic E-state index is 0.213. The number of nitrogens with zero attached hydrogens (tertiary/aromatic N) is 1. The van der Waals surface area contributed by atoms with Crippen molar-refractivity contribution >= 4 is 0 Å². The molecule has 1 atom stereocenters. The first-order valence-corrected chi connectivity index (χ1v) is 5.71. The highest BCUT2D eigenvalue weighted by molar-refractivity contribution is 5.26. The molecule has 0 amide bonds. The number of likely N-dealkylation sites (tertiary alicyclic amines) is 1. The van der Waals surface area contributed by atoms with Crippen LogP contribution in [0.25, 0.3) is 0 Å². The predicted octanol–water partition coefficient (Wildman–Crippen LogP) is 3.26. The van der Waals surface area contributed by atoms with E-state index in [1.54, 1.807) is 0 Å². The second-order valence-electron chi connectivity index (χ2n) is 5.84. The van der Waals surface area contributed by atoms with Gasteiger partial charge in [0.1, 0.15) is 0 Å². The molecule has 0 radical (unpaired) electrons. The highest BCUT2D eigenvalue weighted by atomic mass is 15.2. The van der Waals surface area contributed by atoms with Crippen LogP contribution in [0.5, 0.6) is 0 Å². The SMILES string of the molecule is CN1CC(C)(C)C[C@@]1(C)c1ccccc1. The fourth-order valence-corrected chi connectivity index (χ4v) is 3.06. The molecule has 15 heavy (non-hydrogen) atoms. The summed E-state index contributed by atoms with van der Waals surface area (Å²) in [6, 6.07) is 10.9. The van der Waals surface area contributed by atoms with E-state index in [9.17, 15) is 0 Å². The van der Waals surface area contributed by atoms with Crippen molar-refractivity contribution < 1.29 is 0 Å². The van der Waals surface area contributed by atoms with Crippen LogP contribution in [0.15, 0.2) is 30.3 Å². The van der Waals surface area contributed by atoms with Crippen molar-refractivity contribution in [2.24, 2.45) is 5.41 Å². The average Bonchev–Trinajstić information content (AvgIpc) is 2.38. The third-order valence-electron chi connectivity index (χ3n) is 3.73. The normalized spacial score (nSPS) is 30.7. The summed E-state index contributed by atoms with van der Waals surface area (Å²) in [6.45, 7) is 8.25. The van der Waals surface area contributed by atoms with Crippen LogP contribution in [0.1, 0.15) is 32.8 Å². The van der Waals surface area contributed by atoms with E-state index < -0.39 is 0 Å². The maximum atomic E-state index is 2.49. The van der Waals surface area contributed by atoms with E-state index in [1.165, 1.54) is 18.5 Å². The minimum atomic E-state index is 0.213. The highest BCUT2D eigenvalue weighted by Gasteiger charge is 2.44. The molecule has 1 aromatic carbocycles. The van der Waals surface area contributed by atoms with Gasteiger partial charge in [0.2, 0.25) is 0 Å². The molecule has 0 aliphatic carbocycles. The Hall–Kier alpha value is -0.820. The second-order valence-corrected chi connectivity index (χ2v) is 5.84. The van der Waals surface area contributed by atoms with E-state index in [2.05, 4.69) is 63.1 Å². The molecule has 1 fully saturated rings. The highest BCUT2D eigenvalue weighted by Crippen LogP contribution is 2.45. The lowest BCUT2D eigenvalue weighted by Gasteiger charge is -2.32. The molecule has 1 saturated heterocycles. The van der Waals surface area contributed by atoms with Crippen LogP contribution in [0.2, 0.25) is 0 Å². The Morgan fingerprint density at radius 3 is 2.13 bits per heavy atom. The molecule has 0 aromatic heterocycles. The van der Waals surface area contributed by atoms with Crippen molar-refractivity contribution in [3.05, 3.63) is 35.9 Å². The van der Waals surface area contributed by atoms with Crippen molar-refractivity contribution in [3.8, 4) is 0 Å². The Morgan fingerprint density at radius 2 is 1.67 bits per heavy atom. The first-order valence-electron chi connectivity index (χ1n) is 5.71. The summed E-state index contributed by atoms with van der Waals surface area (Å²) in [4.78, 5) is 2.49. The molecule has 82 valence electrons. The summed E-state index contributed by atoms with van der Waals surface area (Å²) >= 11 is 0. The van der Waals surface area contributed by atoms with Crippen molar-refractivity contribution in [2.75, 3.05) is 13.6 Å². The van der Waals surface area contributed by atoms with Gasteiger partial charge in [-0.15, -0.1) is 0 Å². The molecular weight excluding hydrogens is 182 g/mol. The lowest BCUT2D eigenvalue weighted by molar-refractivity contribution is 0.197. The maximum Gasteiger partial charge on any atom is 0.0435 e. The van der Waals surface area contributed by atoms with Crippen LogP contribution < -0.4 is 0 Å². The van der Waals surface area contributed by atoms with Gasteiger partial charge in [-0.05, 0) is 31.4 Å². The van der Waals surface area contributed by atoms with Gasteiger partial charge in [0.25, 0.3) is 0 Å². The van der Waals surface area contributed by atoms with Gasteiger partial charge in [-0.25, -0.2) is 0 Å². The van der Waals surface area contributed by atoms with Crippen LogP contribution in [0.3, 0.4) is 0 Å². The van der Waals surface area contributed by atoms with Gasteiger partial charge in [-0.2, -0.15) is 0 Å². The van der Waals surface area contributed by atoms with Gasteiger partial charge in [0, 0.05) is 12.1 Å². The first kappa shape index (κ1) is 10.7. The van der Waals surface area contributed by atoms with Gasteiger partial charge in [0.05, 0.1) is 0 Å². The van der Waals surface area contributed by atoms with E-state index in [-0.39, 0.29) is 5.54 Å². The van der Waals surface area contributed by atoms with Gasteiger partial charge in [0.15, 0.2) is 0 Å². The summed E-state index contributed by atoms with van der Waals surface area (Å²) in [5.74, 6) is 0. The fourth-order valence-electron chi connectivity index (χ4n) is 3.06. The Labute approximate surface area is 93.1 Å². The fraction of sp³-hybridized carbons (Fsp3) is 0.571. The average molecular weight is 203 g/mol. The quantitative estimate of drug-likeness (QED) is 0.677. The molecule has 1 heterocycles. The Balaban J connectivity index is 2.36. The summed E-state index contributed by atoms with van der Waals surface area (Å²) < 4.78 is 0. The zero-order chi connectivity index (χ0) is 11.1. The zero-order valence-electron chi connectivity index (χ0n) is 10.2. The molecule has 0 N–H and O–H groups in total. The molecule has 0 saturated carbocycles. The number of benzene rings is 1. The van der Waals surface area contributed by atoms with Gasteiger partial charge in [-0.1, -0.05) is 44.2 Å². The van der Waals surface area contributed by atoms with Crippen LogP contribution in [0, 0.1) is 5.41 Å². The van der Waals surface area contributed by atoms with E-state index in [0.717, 1.165) is 0 Å². The van der Waals surface area contributed by atoms with Crippen molar-refractivity contribution in [1.82, 2.24) is 4.90 Å². The smallest absolute Gasteiger partial charge is 0.0435 e. The monoisotopic (exact) mass is 203 g/mol. The molecule has 0 unspecified atom stereocenters. The van der Waals surface area contributed by atoms with E-state index in [0.29, 0.717) is 5.41 Å². The van der Waals surface area contributed by atoms with Crippen molar-refractivity contribution in [2.45, 2.75) is 32.7 Å². The molecule has 0 spiro atoms. The third kappa shape index (κ3) is 1.81. The number of hydrogen-bond acceptors (Lipinski definition) is 1. The maximum absolute atomic E-state index is 2.49. The molecule has 1 aromatic rings. The van der Waals surface area contributed by atoms with Crippen molar-refractivity contribution in [1.29, 1.82) is 0 Å². The molecule has 1 aliphatic heterocycles. The van der Waals surface area contributed by atoms with E-state index >= 15 is 0 Å². The lowest BCUT2D eigenvalue weighted by atomic mass is 9.81. The van der Waals surface area contributed by atoms with Crippen LogP contribution >= 0.6 is 0 Å². The summed E-state index contributed by atoms with van der Waals surface area (Å²) in [5, 5.41) is 0. The molecule has 2 rings (SSSR count). The lowest BCUT2D eigenvalue weighted by Crippen LogP contribution is -2.35. The Morgan fingerprint density at radius 1 is 1.07 bits per heavy atom. The first-order chi connectivity index (χ1) is 6.94.